The molecule has 1 saturated heterocycles. The van der Waals surface area contributed by atoms with E-state index in [9.17, 15) is 19.8 Å². The zero-order chi connectivity index (χ0) is 21.1. The van der Waals surface area contributed by atoms with Crippen molar-refractivity contribution in [2.75, 3.05) is 20.3 Å². The molecule has 1 heterocycles. The standard InChI is InChI=1S/C23H25NO5/c1-14-8-9-15(2)18(12-14)21(26)19-20(16-6-4-7-17(25)13-16)24(10-5-11-29-3)23(28)22(19)27/h4,6-9,12-13,20,25-26H,5,10-11H2,1-3H3. The number of aromatic hydroxyl groups is 1. The molecule has 1 atom stereocenters. The van der Waals surface area contributed by atoms with Gasteiger partial charge in [-0.25, -0.2) is 0 Å². The van der Waals surface area contributed by atoms with Crippen LogP contribution in [0.25, 0.3) is 5.76 Å². The molecule has 1 aliphatic heterocycles. The van der Waals surface area contributed by atoms with Crippen LogP contribution in [0.15, 0.2) is 48.0 Å². The molecule has 1 aliphatic rings. The Bertz CT molecular complexity index is 979. The van der Waals surface area contributed by atoms with E-state index in [2.05, 4.69) is 0 Å². The maximum absolute atomic E-state index is 12.9. The van der Waals surface area contributed by atoms with Gasteiger partial charge in [-0.2, -0.15) is 0 Å². The number of likely N-dealkylation sites (tertiary alicyclic amines) is 1. The first-order chi connectivity index (χ1) is 13.8. The normalized spacial score (nSPS) is 18.4. The molecule has 2 N–H and O–H groups in total. The van der Waals surface area contributed by atoms with Crippen LogP contribution >= 0.6 is 0 Å². The lowest BCUT2D eigenvalue weighted by atomic mass is 9.93. The van der Waals surface area contributed by atoms with Gasteiger partial charge in [0.05, 0.1) is 11.6 Å². The van der Waals surface area contributed by atoms with Gasteiger partial charge in [-0.3, -0.25) is 9.59 Å². The molecule has 0 radical (unpaired) electrons. The summed E-state index contributed by atoms with van der Waals surface area (Å²) in [4.78, 5) is 27.2. The Balaban J connectivity index is 2.18. The molecule has 1 unspecified atom stereocenters. The first-order valence-corrected chi connectivity index (χ1v) is 9.49. The first-order valence-electron chi connectivity index (χ1n) is 9.49. The van der Waals surface area contributed by atoms with Crippen molar-refractivity contribution >= 4 is 17.4 Å². The molecule has 0 bridgehead atoms. The second-order valence-corrected chi connectivity index (χ2v) is 7.25. The number of amides is 1. The summed E-state index contributed by atoms with van der Waals surface area (Å²) in [5.74, 6) is -1.57. The lowest BCUT2D eigenvalue weighted by Crippen LogP contribution is -2.31. The first kappa shape index (κ1) is 20.6. The van der Waals surface area contributed by atoms with E-state index in [-0.39, 0.29) is 17.1 Å². The summed E-state index contributed by atoms with van der Waals surface area (Å²) in [6.07, 6.45) is 0.544. The van der Waals surface area contributed by atoms with Crippen LogP contribution in [0.5, 0.6) is 5.75 Å². The summed E-state index contributed by atoms with van der Waals surface area (Å²) >= 11 is 0. The van der Waals surface area contributed by atoms with Crippen molar-refractivity contribution in [3.63, 3.8) is 0 Å². The highest BCUT2D eigenvalue weighted by atomic mass is 16.5. The van der Waals surface area contributed by atoms with Gasteiger partial charge in [0.2, 0.25) is 0 Å². The Morgan fingerprint density at radius 2 is 1.90 bits per heavy atom. The van der Waals surface area contributed by atoms with E-state index >= 15 is 0 Å². The molecule has 0 spiro atoms. The molecule has 0 aliphatic carbocycles. The van der Waals surface area contributed by atoms with Gasteiger partial charge in [-0.15, -0.1) is 0 Å². The second-order valence-electron chi connectivity index (χ2n) is 7.25. The van der Waals surface area contributed by atoms with Crippen LogP contribution in [-0.4, -0.2) is 47.1 Å². The fourth-order valence-corrected chi connectivity index (χ4v) is 3.67. The van der Waals surface area contributed by atoms with Gasteiger partial charge in [-0.1, -0.05) is 29.8 Å². The topological polar surface area (TPSA) is 87.1 Å². The number of hydrogen-bond donors (Lipinski definition) is 2. The minimum absolute atomic E-state index is 0.0247. The summed E-state index contributed by atoms with van der Waals surface area (Å²) in [7, 11) is 1.57. The highest BCUT2D eigenvalue weighted by Gasteiger charge is 2.46. The summed E-state index contributed by atoms with van der Waals surface area (Å²) in [6, 6.07) is 11.2. The average Bonchev–Trinajstić information content (AvgIpc) is 2.94. The van der Waals surface area contributed by atoms with Gasteiger partial charge in [0, 0.05) is 25.8 Å². The van der Waals surface area contributed by atoms with Gasteiger partial charge in [0.1, 0.15) is 11.5 Å². The monoisotopic (exact) mass is 395 g/mol. The second kappa shape index (κ2) is 8.49. The number of benzene rings is 2. The molecule has 0 saturated carbocycles. The number of phenolic OH excluding ortho intramolecular Hbond substituents is 1. The Labute approximate surface area is 170 Å². The third-order valence-corrected chi connectivity index (χ3v) is 5.12. The van der Waals surface area contributed by atoms with Crippen molar-refractivity contribution in [3.8, 4) is 5.75 Å². The van der Waals surface area contributed by atoms with Crippen LogP contribution in [0.1, 0.15) is 34.7 Å². The van der Waals surface area contributed by atoms with Crippen molar-refractivity contribution in [1.82, 2.24) is 4.90 Å². The average molecular weight is 395 g/mol. The predicted molar refractivity (Wildman–Crippen MR) is 110 cm³/mol. The number of ether oxygens (including phenoxy) is 1. The summed E-state index contributed by atoms with van der Waals surface area (Å²) in [5, 5.41) is 21.0. The number of Topliss-reactive ketones (excluding diaryl/α,β-unsaturated/α-hetero) is 1. The number of carbonyl (C=O) groups excluding carboxylic acids is 2. The minimum Gasteiger partial charge on any atom is -0.508 e. The van der Waals surface area contributed by atoms with Gasteiger partial charge < -0.3 is 19.8 Å². The molecule has 29 heavy (non-hydrogen) atoms. The van der Waals surface area contributed by atoms with Crippen molar-refractivity contribution in [2.24, 2.45) is 0 Å². The van der Waals surface area contributed by atoms with Gasteiger partial charge in [0.15, 0.2) is 0 Å². The van der Waals surface area contributed by atoms with E-state index in [0.29, 0.717) is 30.7 Å². The fraction of sp³-hybridized carbons (Fsp3) is 0.304. The predicted octanol–water partition coefficient (Wildman–Crippen LogP) is 3.47. The summed E-state index contributed by atoms with van der Waals surface area (Å²) in [5.41, 5.74) is 2.85. The summed E-state index contributed by atoms with van der Waals surface area (Å²) < 4.78 is 5.07. The lowest BCUT2D eigenvalue weighted by Gasteiger charge is -2.25. The minimum atomic E-state index is -0.779. The smallest absolute Gasteiger partial charge is 0.295 e. The molecule has 3 rings (SSSR count). The number of aliphatic hydroxyl groups excluding tert-OH is 1. The Morgan fingerprint density at radius 3 is 2.59 bits per heavy atom. The molecule has 152 valence electrons. The SMILES string of the molecule is COCCCN1C(=O)C(=O)C(=C(O)c2cc(C)ccc2C)C1c1cccc(O)c1. The van der Waals surface area contributed by atoms with Crippen LogP contribution in [0.4, 0.5) is 0 Å². The number of rotatable bonds is 6. The van der Waals surface area contributed by atoms with Crippen molar-refractivity contribution < 1.29 is 24.5 Å². The molecule has 2 aromatic rings. The molecular weight excluding hydrogens is 370 g/mol. The fourth-order valence-electron chi connectivity index (χ4n) is 3.67. The number of nitrogens with zero attached hydrogens (tertiary/aromatic N) is 1. The van der Waals surface area contributed by atoms with Crippen molar-refractivity contribution in [3.05, 3.63) is 70.3 Å². The van der Waals surface area contributed by atoms with E-state index in [4.69, 9.17) is 4.74 Å². The van der Waals surface area contributed by atoms with E-state index < -0.39 is 17.7 Å². The number of phenols is 1. The van der Waals surface area contributed by atoms with Crippen molar-refractivity contribution in [2.45, 2.75) is 26.3 Å². The third-order valence-electron chi connectivity index (χ3n) is 5.12. The largest absolute Gasteiger partial charge is 0.508 e. The molecule has 1 fully saturated rings. The van der Waals surface area contributed by atoms with E-state index in [1.54, 1.807) is 25.3 Å². The summed E-state index contributed by atoms with van der Waals surface area (Å²) in [6.45, 7) is 4.47. The van der Waals surface area contributed by atoms with Gasteiger partial charge in [0.25, 0.3) is 11.7 Å². The van der Waals surface area contributed by atoms with Gasteiger partial charge in [-0.05, 0) is 49.6 Å². The zero-order valence-corrected chi connectivity index (χ0v) is 16.8. The zero-order valence-electron chi connectivity index (χ0n) is 16.8. The molecule has 6 heteroatoms. The van der Waals surface area contributed by atoms with Crippen LogP contribution in [0.3, 0.4) is 0 Å². The number of ketones is 1. The number of methoxy groups -OCH3 is 1. The quantitative estimate of drug-likeness (QED) is 0.338. The maximum atomic E-state index is 12.9. The lowest BCUT2D eigenvalue weighted by molar-refractivity contribution is -0.140. The number of hydrogen-bond acceptors (Lipinski definition) is 5. The molecule has 0 aromatic heterocycles. The molecular formula is C23H25NO5. The Morgan fingerprint density at radius 1 is 1.14 bits per heavy atom. The highest BCUT2D eigenvalue weighted by Crippen LogP contribution is 2.40. The van der Waals surface area contributed by atoms with Crippen LogP contribution in [-0.2, 0) is 14.3 Å². The Kier molecular flexibility index (Phi) is 6.03. The number of aryl methyl sites for hydroxylation is 2. The van der Waals surface area contributed by atoms with E-state index in [0.717, 1.165) is 11.1 Å². The van der Waals surface area contributed by atoms with Crippen molar-refractivity contribution in [1.29, 1.82) is 0 Å². The van der Waals surface area contributed by atoms with E-state index in [1.807, 2.05) is 26.0 Å². The maximum Gasteiger partial charge on any atom is 0.295 e. The van der Waals surface area contributed by atoms with Gasteiger partial charge >= 0.3 is 0 Å². The van der Waals surface area contributed by atoms with Crippen LogP contribution in [0.2, 0.25) is 0 Å². The Hall–Kier alpha value is -3.12. The number of aliphatic hydroxyl groups is 1. The van der Waals surface area contributed by atoms with E-state index in [1.165, 1.54) is 17.0 Å². The molecule has 1 amide bonds. The highest BCUT2D eigenvalue weighted by molar-refractivity contribution is 6.46. The number of carbonyl (C=O) groups is 2. The third kappa shape index (κ3) is 4.03. The molecule has 6 nitrogen and oxygen atoms in total. The molecule has 2 aromatic carbocycles. The van der Waals surface area contributed by atoms with Crippen LogP contribution < -0.4 is 0 Å². The van der Waals surface area contributed by atoms with Crippen LogP contribution in [0, 0.1) is 13.8 Å².